The molecule has 1 N–H and O–H groups in total. The lowest BCUT2D eigenvalue weighted by molar-refractivity contribution is -0.384. The standard InChI is InChI=1S/C19H18N2O7S/c1-28-18-5-3-2-4-16(18)17-11-6-13(19(22)23)12-20(17)29(26,27)15-9-7-14(8-10-15)21(24)25/h2-10,17H,11-12H2,1H3,(H,22,23)/t17-/m1/s1. The molecule has 0 aliphatic carbocycles. The van der Waals surface area contributed by atoms with Crippen molar-refractivity contribution in [2.75, 3.05) is 13.7 Å². The van der Waals surface area contributed by atoms with E-state index in [1.807, 2.05) is 0 Å². The van der Waals surface area contributed by atoms with Gasteiger partial charge in [0.1, 0.15) is 5.75 Å². The third kappa shape index (κ3) is 3.98. The summed E-state index contributed by atoms with van der Waals surface area (Å²) in [6.45, 7) is -0.336. The largest absolute Gasteiger partial charge is 0.496 e. The Kier molecular flexibility index (Phi) is 5.66. The third-order valence-electron chi connectivity index (χ3n) is 4.69. The monoisotopic (exact) mass is 418 g/mol. The van der Waals surface area contributed by atoms with E-state index in [1.165, 1.54) is 13.2 Å². The molecule has 1 atom stereocenters. The van der Waals surface area contributed by atoms with Crippen LogP contribution in [0.4, 0.5) is 5.69 Å². The van der Waals surface area contributed by atoms with E-state index in [4.69, 9.17) is 4.74 Å². The molecule has 1 heterocycles. The predicted molar refractivity (Wildman–Crippen MR) is 103 cm³/mol. The number of non-ortho nitro benzene ring substituents is 1. The summed E-state index contributed by atoms with van der Waals surface area (Å²) >= 11 is 0. The third-order valence-corrected chi connectivity index (χ3v) is 6.56. The lowest BCUT2D eigenvalue weighted by Crippen LogP contribution is -2.40. The number of carbonyl (C=O) groups is 1. The summed E-state index contributed by atoms with van der Waals surface area (Å²) in [6, 6.07) is 10.7. The van der Waals surface area contributed by atoms with E-state index in [2.05, 4.69) is 0 Å². The topological polar surface area (TPSA) is 127 Å². The van der Waals surface area contributed by atoms with Crippen molar-refractivity contribution >= 4 is 21.7 Å². The Bertz CT molecular complexity index is 1080. The highest BCUT2D eigenvalue weighted by Crippen LogP contribution is 2.38. The van der Waals surface area contributed by atoms with Gasteiger partial charge >= 0.3 is 5.97 Å². The minimum Gasteiger partial charge on any atom is -0.496 e. The number of carboxylic acid groups (broad SMARTS) is 1. The summed E-state index contributed by atoms with van der Waals surface area (Å²) in [5.41, 5.74) is 0.317. The van der Waals surface area contributed by atoms with Gasteiger partial charge in [-0.1, -0.05) is 24.3 Å². The molecule has 0 bridgehead atoms. The number of sulfonamides is 1. The van der Waals surface area contributed by atoms with Crippen molar-refractivity contribution in [3.8, 4) is 5.75 Å². The number of aliphatic carboxylic acids is 1. The van der Waals surface area contributed by atoms with Crippen molar-refractivity contribution in [1.82, 2.24) is 4.31 Å². The molecule has 152 valence electrons. The van der Waals surface area contributed by atoms with E-state index in [1.54, 1.807) is 24.3 Å². The quantitative estimate of drug-likeness (QED) is 0.564. The average molecular weight is 418 g/mol. The van der Waals surface area contributed by atoms with Crippen LogP contribution in [0.25, 0.3) is 0 Å². The van der Waals surface area contributed by atoms with E-state index < -0.39 is 27.0 Å². The Hall–Kier alpha value is -3.24. The number of hydrogen-bond donors (Lipinski definition) is 1. The van der Waals surface area contributed by atoms with Crippen molar-refractivity contribution in [3.63, 3.8) is 0 Å². The number of nitro benzene ring substituents is 1. The first-order valence-electron chi connectivity index (χ1n) is 8.57. The molecule has 29 heavy (non-hydrogen) atoms. The number of benzene rings is 2. The van der Waals surface area contributed by atoms with Gasteiger partial charge in [0, 0.05) is 29.8 Å². The molecule has 0 aromatic heterocycles. The SMILES string of the molecule is COc1ccccc1[C@H]1CC=C(C(=O)O)CN1S(=O)(=O)c1ccc([N+](=O)[O-])cc1. The Morgan fingerprint density at radius 1 is 1.21 bits per heavy atom. The molecular weight excluding hydrogens is 400 g/mol. The maximum Gasteiger partial charge on any atom is 0.332 e. The fourth-order valence-electron chi connectivity index (χ4n) is 3.22. The van der Waals surface area contributed by atoms with Crippen LogP contribution in [0, 0.1) is 10.1 Å². The van der Waals surface area contributed by atoms with E-state index in [9.17, 15) is 28.4 Å². The number of methoxy groups -OCH3 is 1. The maximum atomic E-state index is 13.3. The van der Waals surface area contributed by atoms with Crippen molar-refractivity contribution in [2.45, 2.75) is 17.4 Å². The van der Waals surface area contributed by atoms with E-state index in [0.717, 1.165) is 28.6 Å². The molecule has 0 saturated carbocycles. The lowest BCUT2D eigenvalue weighted by Gasteiger charge is -2.34. The van der Waals surface area contributed by atoms with Crippen LogP contribution in [0.3, 0.4) is 0 Å². The number of rotatable bonds is 6. The van der Waals surface area contributed by atoms with Gasteiger partial charge in [-0.25, -0.2) is 13.2 Å². The fraction of sp³-hybridized carbons (Fsp3) is 0.211. The Morgan fingerprint density at radius 3 is 2.45 bits per heavy atom. The second kappa shape index (κ2) is 8.02. The normalized spacial score (nSPS) is 17.4. The number of nitro groups is 1. The first-order chi connectivity index (χ1) is 13.8. The van der Waals surface area contributed by atoms with Crippen LogP contribution in [-0.4, -0.2) is 42.4 Å². The molecule has 0 fully saturated rings. The van der Waals surface area contributed by atoms with Crippen molar-refractivity contribution in [1.29, 1.82) is 0 Å². The Labute approximate surface area is 167 Å². The fourth-order valence-corrected chi connectivity index (χ4v) is 4.82. The van der Waals surface area contributed by atoms with Gasteiger partial charge in [-0.2, -0.15) is 4.31 Å². The average Bonchev–Trinajstić information content (AvgIpc) is 2.73. The summed E-state index contributed by atoms with van der Waals surface area (Å²) in [4.78, 5) is 21.5. The number of ether oxygens (including phenoxy) is 1. The summed E-state index contributed by atoms with van der Waals surface area (Å²) in [6.07, 6.45) is 1.65. The first-order valence-corrected chi connectivity index (χ1v) is 10.0. The zero-order valence-corrected chi connectivity index (χ0v) is 16.2. The van der Waals surface area contributed by atoms with Crippen LogP contribution >= 0.6 is 0 Å². The van der Waals surface area contributed by atoms with Gasteiger partial charge in [-0.15, -0.1) is 0 Å². The van der Waals surface area contributed by atoms with E-state index in [0.29, 0.717) is 11.3 Å². The molecule has 0 unspecified atom stereocenters. The molecule has 0 radical (unpaired) electrons. The maximum absolute atomic E-state index is 13.3. The highest BCUT2D eigenvalue weighted by Gasteiger charge is 2.37. The molecule has 9 nitrogen and oxygen atoms in total. The molecule has 0 spiro atoms. The summed E-state index contributed by atoms with van der Waals surface area (Å²) < 4.78 is 33.1. The summed E-state index contributed by atoms with van der Waals surface area (Å²) in [5, 5.41) is 20.2. The van der Waals surface area contributed by atoms with Crippen molar-refractivity contribution < 1.29 is 28.0 Å². The summed E-state index contributed by atoms with van der Waals surface area (Å²) in [7, 11) is -2.67. The predicted octanol–water partition coefficient (Wildman–Crippen LogP) is 2.75. The second-order valence-electron chi connectivity index (χ2n) is 6.33. The minimum absolute atomic E-state index is 0.0402. The van der Waals surface area contributed by atoms with Gasteiger partial charge in [0.25, 0.3) is 5.69 Å². The zero-order chi connectivity index (χ0) is 21.2. The van der Waals surface area contributed by atoms with E-state index >= 15 is 0 Å². The Balaban J connectivity index is 2.09. The van der Waals surface area contributed by atoms with Crippen LogP contribution in [0.5, 0.6) is 5.75 Å². The zero-order valence-electron chi connectivity index (χ0n) is 15.4. The molecular formula is C19H18N2O7S. The first kappa shape index (κ1) is 20.5. The minimum atomic E-state index is -4.14. The molecule has 1 aliphatic rings. The summed E-state index contributed by atoms with van der Waals surface area (Å²) in [5.74, 6) is -0.721. The van der Waals surface area contributed by atoms with Gasteiger partial charge in [-0.3, -0.25) is 10.1 Å². The lowest BCUT2D eigenvalue weighted by atomic mass is 9.97. The molecule has 0 saturated heterocycles. The van der Waals surface area contributed by atoms with Crippen LogP contribution in [0.1, 0.15) is 18.0 Å². The molecule has 10 heteroatoms. The molecule has 2 aromatic rings. The smallest absolute Gasteiger partial charge is 0.332 e. The van der Waals surface area contributed by atoms with Gasteiger partial charge < -0.3 is 9.84 Å². The number of para-hydroxylation sites is 1. The molecule has 0 amide bonds. The van der Waals surface area contributed by atoms with Crippen LogP contribution in [-0.2, 0) is 14.8 Å². The highest BCUT2D eigenvalue weighted by molar-refractivity contribution is 7.89. The van der Waals surface area contributed by atoms with Gasteiger partial charge in [0.05, 0.1) is 23.0 Å². The van der Waals surface area contributed by atoms with Gasteiger partial charge in [0.15, 0.2) is 0 Å². The highest BCUT2D eigenvalue weighted by atomic mass is 32.2. The van der Waals surface area contributed by atoms with Crippen molar-refractivity contribution in [2.24, 2.45) is 0 Å². The number of nitrogens with zero attached hydrogens (tertiary/aromatic N) is 2. The number of carboxylic acids is 1. The van der Waals surface area contributed by atoms with Crippen LogP contribution in [0.2, 0.25) is 0 Å². The van der Waals surface area contributed by atoms with Crippen molar-refractivity contribution in [3.05, 3.63) is 75.9 Å². The molecule has 3 rings (SSSR count). The Morgan fingerprint density at radius 2 is 1.86 bits per heavy atom. The van der Waals surface area contributed by atoms with Crippen LogP contribution in [0.15, 0.2) is 65.1 Å². The number of hydrogen-bond acceptors (Lipinski definition) is 6. The molecule has 2 aromatic carbocycles. The second-order valence-corrected chi connectivity index (χ2v) is 8.22. The van der Waals surface area contributed by atoms with Gasteiger partial charge in [0.2, 0.25) is 10.0 Å². The van der Waals surface area contributed by atoms with E-state index in [-0.39, 0.29) is 29.1 Å². The molecule has 1 aliphatic heterocycles. The van der Waals surface area contributed by atoms with Crippen LogP contribution < -0.4 is 4.74 Å². The van der Waals surface area contributed by atoms with Gasteiger partial charge in [-0.05, 0) is 24.6 Å².